The van der Waals surface area contributed by atoms with Crippen molar-refractivity contribution in [3.63, 3.8) is 0 Å². The molecule has 2 aliphatic heterocycles. The number of benzene rings is 3. The predicted molar refractivity (Wildman–Crippen MR) is 157 cm³/mol. The Hall–Kier alpha value is -5.12. The van der Waals surface area contributed by atoms with E-state index >= 15 is 0 Å². The van der Waals surface area contributed by atoms with Crippen molar-refractivity contribution in [1.29, 1.82) is 0 Å². The fraction of sp³-hybridized carbons (Fsp3) is 0.219. The number of esters is 1. The van der Waals surface area contributed by atoms with Crippen molar-refractivity contribution in [3.8, 4) is 28.5 Å². The second-order valence-electron chi connectivity index (χ2n) is 10.7. The number of carbonyl (C=O) groups excluding carboxylic acids is 2. The molecule has 0 radical (unpaired) electrons. The van der Waals surface area contributed by atoms with Crippen LogP contribution in [0.15, 0.2) is 66.9 Å². The van der Waals surface area contributed by atoms with Crippen molar-refractivity contribution >= 4 is 28.9 Å². The maximum absolute atomic E-state index is 14.4. The summed E-state index contributed by atoms with van der Waals surface area (Å²) < 4.78 is 31.0. The van der Waals surface area contributed by atoms with Crippen molar-refractivity contribution in [3.05, 3.63) is 89.4 Å². The zero-order valence-corrected chi connectivity index (χ0v) is 23.8. The summed E-state index contributed by atoms with van der Waals surface area (Å²) in [6.45, 7) is 5.87. The van der Waals surface area contributed by atoms with Gasteiger partial charge in [-0.25, -0.2) is 19.2 Å². The van der Waals surface area contributed by atoms with Gasteiger partial charge in [-0.2, -0.15) is 0 Å². The summed E-state index contributed by atoms with van der Waals surface area (Å²) in [5.41, 5.74) is 4.70. The van der Waals surface area contributed by atoms with E-state index in [1.165, 1.54) is 32.5 Å². The number of methoxy groups -OCH3 is 2. The molecule has 0 bridgehead atoms. The quantitative estimate of drug-likeness (QED) is 0.227. The highest BCUT2D eigenvalue weighted by molar-refractivity contribution is 6.12. The maximum atomic E-state index is 14.4. The molecule has 3 aromatic carbocycles. The van der Waals surface area contributed by atoms with Gasteiger partial charge in [0, 0.05) is 23.4 Å². The van der Waals surface area contributed by atoms with Crippen molar-refractivity contribution in [2.24, 2.45) is 0 Å². The van der Waals surface area contributed by atoms with Gasteiger partial charge in [-0.1, -0.05) is 12.1 Å². The summed E-state index contributed by atoms with van der Waals surface area (Å²) in [7, 11) is 2.97. The van der Waals surface area contributed by atoms with E-state index in [4.69, 9.17) is 14.2 Å². The van der Waals surface area contributed by atoms with Crippen molar-refractivity contribution in [1.82, 2.24) is 4.98 Å². The number of pyridine rings is 1. The number of carbonyl (C=O) groups is 2. The first-order chi connectivity index (χ1) is 20.1. The molecule has 42 heavy (non-hydrogen) atoms. The van der Waals surface area contributed by atoms with Crippen LogP contribution in [0.5, 0.6) is 17.4 Å². The molecule has 2 aliphatic rings. The standard InChI is InChI=1S/C32H29FN4O5/c1-18-8-9-19(33)15-26(18)36-17-24-21(12-13-25-28(24)37(36)31(39)32(2,3)35-25)22-11-10-20(16-27(22)40-4)42-30(38)23-7-6-14-34-29(23)41-5/h6-16,35H,17H2,1-5H3. The summed E-state index contributed by atoms with van der Waals surface area (Å²) in [6.07, 6.45) is 1.53. The van der Waals surface area contributed by atoms with E-state index in [0.717, 1.165) is 27.9 Å². The third-order valence-electron chi connectivity index (χ3n) is 7.53. The lowest BCUT2D eigenvalue weighted by molar-refractivity contribution is -0.122. The van der Waals surface area contributed by atoms with Crippen LogP contribution in [0.25, 0.3) is 11.1 Å². The van der Waals surface area contributed by atoms with E-state index in [-0.39, 0.29) is 28.9 Å². The molecule has 0 saturated heterocycles. The lowest BCUT2D eigenvalue weighted by atomic mass is 9.93. The monoisotopic (exact) mass is 568 g/mol. The molecule has 1 aromatic heterocycles. The summed E-state index contributed by atoms with van der Waals surface area (Å²) in [6, 6.07) is 16.8. The summed E-state index contributed by atoms with van der Waals surface area (Å²) >= 11 is 0. The number of aromatic nitrogens is 1. The van der Waals surface area contributed by atoms with Crippen LogP contribution in [0.1, 0.15) is 35.3 Å². The number of amides is 1. The second-order valence-corrected chi connectivity index (χ2v) is 10.7. The minimum Gasteiger partial charge on any atom is -0.496 e. The Bertz CT molecular complexity index is 1760. The Morgan fingerprint density at radius 2 is 1.81 bits per heavy atom. The highest BCUT2D eigenvalue weighted by atomic mass is 19.1. The van der Waals surface area contributed by atoms with Crippen LogP contribution >= 0.6 is 0 Å². The fourth-order valence-electron chi connectivity index (χ4n) is 5.48. The number of ether oxygens (including phenoxy) is 3. The molecule has 4 aromatic rings. The van der Waals surface area contributed by atoms with Crippen LogP contribution in [0, 0.1) is 12.7 Å². The Kier molecular flexibility index (Phi) is 6.48. The number of rotatable bonds is 6. The largest absolute Gasteiger partial charge is 0.496 e. The average molecular weight is 569 g/mol. The van der Waals surface area contributed by atoms with Crippen molar-refractivity contribution < 1.29 is 28.2 Å². The summed E-state index contributed by atoms with van der Waals surface area (Å²) in [5.74, 6) is -0.252. The van der Waals surface area contributed by atoms with Gasteiger partial charge in [0.1, 0.15) is 28.4 Å². The average Bonchev–Trinajstić information content (AvgIpc) is 3.38. The lowest BCUT2D eigenvalue weighted by Gasteiger charge is -2.41. The van der Waals surface area contributed by atoms with Gasteiger partial charge in [0.25, 0.3) is 5.91 Å². The van der Waals surface area contributed by atoms with E-state index in [2.05, 4.69) is 10.3 Å². The number of nitrogens with zero attached hydrogens (tertiary/aromatic N) is 3. The number of hydrogen-bond donors (Lipinski definition) is 1. The Labute approximate surface area is 242 Å². The van der Waals surface area contributed by atoms with Crippen LogP contribution in [0.4, 0.5) is 21.5 Å². The fourth-order valence-corrected chi connectivity index (χ4v) is 5.48. The van der Waals surface area contributed by atoms with Gasteiger partial charge >= 0.3 is 5.97 Å². The maximum Gasteiger partial charge on any atom is 0.349 e. The van der Waals surface area contributed by atoms with Gasteiger partial charge in [0.2, 0.25) is 5.88 Å². The van der Waals surface area contributed by atoms with Gasteiger partial charge in [0.15, 0.2) is 0 Å². The zero-order valence-electron chi connectivity index (χ0n) is 23.8. The smallest absolute Gasteiger partial charge is 0.349 e. The predicted octanol–water partition coefficient (Wildman–Crippen LogP) is 5.90. The molecule has 0 spiro atoms. The normalized spacial score (nSPS) is 14.8. The molecular formula is C32H29FN4O5. The molecule has 9 nitrogen and oxygen atoms in total. The Morgan fingerprint density at radius 3 is 2.57 bits per heavy atom. The van der Waals surface area contributed by atoms with Crippen LogP contribution in [0.3, 0.4) is 0 Å². The number of anilines is 3. The second kappa shape index (κ2) is 10.1. The van der Waals surface area contributed by atoms with Gasteiger partial charge in [-0.3, -0.25) is 9.80 Å². The molecule has 0 unspecified atom stereocenters. The highest BCUT2D eigenvalue weighted by Crippen LogP contribution is 2.50. The highest BCUT2D eigenvalue weighted by Gasteiger charge is 2.47. The third kappa shape index (κ3) is 4.36. The molecule has 0 aliphatic carbocycles. The van der Waals surface area contributed by atoms with Crippen LogP contribution < -0.4 is 29.5 Å². The van der Waals surface area contributed by atoms with Crippen molar-refractivity contribution in [2.45, 2.75) is 32.9 Å². The molecule has 10 heteroatoms. The molecule has 0 atom stereocenters. The SMILES string of the molecule is COc1cc(OC(=O)c2cccnc2OC)ccc1-c1ccc2c3c1CN(c1cc(F)ccc1C)N3C(=O)C(C)(C)N2. The first-order valence-electron chi connectivity index (χ1n) is 13.3. The first kappa shape index (κ1) is 27.1. The summed E-state index contributed by atoms with van der Waals surface area (Å²) in [4.78, 5) is 30.7. The van der Waals surface area contributed by atoms with Gasteiger partial charge in [0.05, 0.1) is 37.8 Å². The van der Waals surface area contributed by atoms with E-state index in [0.29, 0.717) is 23.7 Å². The Balaban J connectivity index is 1.42. The number of hydrogen-bond acceptors (Lipinski definition) is 8. The lowest BCUT2D eigenvalue weighted by Crippen LogP contribution is -2.57. The van der Waals surface area contributed by atoms with Gasteiger partial charge in [-0.05, 0) is 74.4 Å². The molecular weight excluding hydrogens is 539 g/mol. The molecule has 1 N–H and O–H groups in total. The number of hydrazine groups is 1. The van der Waals surface area contributed by atoms with Crippen LogP contribution in [-0.2, 0) is 11.3 Å². The molecule has 0 saturated carbocycles. The van der Waals surface area contributed by atoms with E-state index in [1.54, 1.807) is 35.3 Å². The summed E-state index contributed by atoms with van der Waals surface area (Å²) in [5, 5.41) is 6.84. The van der Waals surface area contributed by atoms with E-state index in [1.807, 2.05) is 44.0 Å². The molecule has 6 rings (SSSR count). The molecule has 214 valence electrons. The number of nitrogens with one attached hydrogen (secondary N) is 1. The minimum atomic E-state index is -0.879. The topological polar surface area (TPSA) is 93.2 Å². The van der Waals surface area contributed by atoms with Crippen molar-refractivity contribution in [2.75, 3.05) is 29.6 Å². The van der Waals surface area contributed by atoms with E-state index in [9.17, 15) is 14.0 Å². The molecule has 0 fully saturated rings. The Morgan fingerprint density at radius 1 is 1.02 bits per heavy atom. The minimum absolute atomic E-state index is 0.158. The van der Waals surface area contributed by atoms with Gasteiger partial charge < -0.3 is 19.5 Å². The third-order valence-corrected chi connectivity index (χ3v) is 7.53. The zero-order chi connectivity index (χ0) is 29.8. The van der Waals surface area contributed by atoms with E-state index < -0.39 is 11.5 Å². The van der Waals surface area contributed by atoms with Crippen LogP contribution in [0.2, 0.25) is 0 Å². The molecule has 3 heterocycles. The first-order valence-corrected chi connectivity index (χ1v) is 13.3. The van der Waals surface area contributed by atoms with Gasteiger partial charge in [-0.15, -0.1) is 0 Å². The number of aryl methyl sites for hydroxylation is 1. The molecule has 1 amide bonds. The number of halogens is 1. The van der Waals surface area contributed by atoms with Crippen LogP contribution in [-0.4, -0.2) is 36.6 Å².